The summed E-state index contributed by atoms with van der Waals surface area (Å²) < 4.78 is 2.81. The van der Waals surface area contributed by atoms with Crippen molar-refractivity contribution in [1.29, 1.82) is 0 Å². The van der Waals surface area contributed by atoms with Gasteiger partial charge in [-0.05, 0) is 0 Å². The standard InChI is InChI=1S/C6H7NOS/c1-4-6(8)7(3)5(2)9-4/h1-2H2,3H3. The van der Waals surface area contributed by atoms with Gasteiger partial charge in [-0.3, -0.25) is 4.79 Å². The molecule has 0 aliphatic heterocycles. The fourth-order valence-electron chi connectivity index (χ4n) is 0.555. The van der Waals surface area contributed by atoms with Crippen LogP contribution in [0.4, 0.5) is 0 Å². The normalized spacial score (nSPS) is 9.89. The summed E-state index contributed by atoms with van der Waals surface area (Å²) in [6.45, 7) is 7.19. The van der Waals surface area contributed by atoms with Crippen molar-refractivity contribution < 1.29 is 0 Å². The molecule has 0 N–H and O–H groups in total. The lowest BCUT2D eigenvalue weighted by molar-refractivity contribution is 0.859. The zero-order chi connectivity index (χ0) is 7.02. The molecule has 0 aliphatic carbocycles. The van der Waals surface area contributed by atoms with Crippen LogP contribution in [0.2, 0.25) is 0 Å². The monoisotopic (exact) mass is 141 g/mol. The second-order valence-corrected chi connectivity index (χ2v) is 2.95. The first kappa shape index (κ1) is 6.29. The smallest absolute Gasteiger partial charge is 0.268 e. The van der Waals surface area contributed by atoms with Gasteiger partial charge >= 0.3 is 0 Å². The molecule has 1 heterocycles. The maximum atomic E-state index is 10.9. The Morgan fingerprint density at radius 3 is 2.22 bits per heavy atom. The zero-order valence-electron chi connectivity index (χ0n) is 5.18. The highest BCUT2D eigenvalue weighted by molar-refractivity contribution is 7.07. The third-order valence-electron chi connectivity index (χ3n) is 1.16. The third kappa shape index (κ3) is 0.833. The summed E-state index contributed by atoms with van der Waals surface area (Å²) in [5, 5.41) is 0. The molecule has 0 amide bonds. The molecule has 0 aliphatic rings. The molecule has 0 saturated carbocycles. The average molecular weight is 141 g/mol. The van der Waals surface area contributed by atoms with Gasteiger partial charge in [-0.15, -0.1) is 11.3 Å². The second-order valence-electron chi connectivity index (χ2n) is 1.78. The molecule has 3 heteroatoms. The Kier molecular flexibility index (Phi) is 1.29. The van der Waals surface area contributed by atoms with E-state index in [1.165, 1.54) is 15.9 Å². The molecule has 0 aromatic carbocycles. The van der Waals surface area contributed by atoms with E-state index in [4.69, 9.17) is 0 Å². The maximum Gasteiger partial charge on any atom is 0.268 e. The summed E-state index contributed by atoms with van der Waals surface area (Å²) in [6.07, 6.45) is 0. The number of hydrogen-bond acceptors (Lipinski definition) is 2. The van der Waals surface area contributed by atoms with E-state index in [1.807, 2.05) is 0 Å². The minimum atomic E-state index is -0.0370. The molecular formula is C6H7NOS. The van der Waals surface area contributed by atoms with Crippen molar-refractivity contribution in [3.05, 3.63) is 19.5 Å². The van der Waals surface area contributed by atoms with Crippen molar-refractivity contribution >= 4 is 24.5 Å². The number of rotatable bonds is 0. The maximum absolute atomic E-state index is 10.9. The van der Waals surface area contributed by atoms with Crippen molar-refractivity contribution in [2.24, 2.45) is 7.05 Å². The molecule has 0 saturated heterocycles. The lowest BCUT2D eigenvalue weighted by Gasteiger charge is -1.80. The Hall–Kier alpha value is -0.830. The molecule has 1 rings (SSSR count). The van der Waals surface area contributed by atoms with Crippen LogP contribution in [-0.2, 0) is 7.05 Å². The summed E-state index contributed by atoms with van der Waals surface area (Å²) in [4.78, 5) is 10.9. The van der Waals surface area contributed by atoms with E-state index in [0.29, 0.717) is 4.53 Å². The molecule has 0 fully saturated rings. The highest BCUT2D eigenvalue weighted by Gasteiger charge is 1.92. The van der Waals surface area contributed by atoms with Gasteiger partial charge in [0.2, 0.25) is 0 Å². The Labute approximate surface area is 56.4 Å². The molecule has 0 spiro atoms. The van der Waals surface area contributed by atoms with Crippen molar-refractivity contribution in [3.63, 3.8) is 0 Å². The first-order valence-electron chi connectivity index (χ1n) is 2.46. The predicted molar refractivity (Wildman–Crippen MR) is 39.9 cm³/mol. The number of nitrogens with zero attached hydrogens (tertiary/aromatic N) is 1. The quantitative estimate of drug-likeness (QED) is 0.467. The number of aromatic nitrogens is 1. The van der Waals surface area contributed by atoms with Crippen LogP contribution in [0.3, 0.4) is 0 Å². The Balaban J connectivity index is 3.90. The Morgan fingerprint density at radius 2 is 2.11 bits per heavy atom. The number of hydrogen-bond donors (Lipinski definition) is 0. The number of thiazole rings is 1. The van der Waals surface area contributed by atoms with E-state index in [-0.39, 0.29) is 5.56 Å². The summed E-state index contributed by atoms with van der Waals surface area (Å²) in [7, 11) is 1.69. The van der Waals surface area contributed by atoms with Crippen LogP contribution in [0.1, 0.15) is 0 Å². The molecule has 0 radical (unpaired) electrons. The summed E-state index contributed by atoms with van der Waals surface area (Å²) >= 11 is 1.32. The van der Waals surface area contributed by atoms with Crippen molar-refractivity contribution in [1.82, 2.24) is 4.57 Å². The van der Waals surface area contributed by atoms with E-state index in [2.05, 4.69) is 13.2 Å². The van der Waals surface area contributed by atoms with Gasteiger partial charge in [-0.2, -0.15) is 0 Å². The molecule has 1 aromatic rings. The largest absolute Gasteiger partial charge is 0.303 e. The van der Waals surface area contributed by atoms with Gasteiger partial charge in [0.15, 0.2) is 0 Å². The molecule has 0 atom stereocenters. The second kappa shape index (κ2) is 1.84. The van der Waals surface area contributed by atoms with E-state index in [1.54, 1.807) is 7.05 Å². The molecule has 2 nitrogen and oxygen atoms in total. The Bertz CT molecular complexity index is 359. The Morgan fingerprint density at radius 1 is 1.56 bits per heavy atom. The van der Waals surface area contributed by atoms with Gasteiger partial charge in [0.1, 0.15) is 0 Å². The van der Waals surface area contributed by atoms with Gasteiger partial charge in [0.25, 0.3) is 5.56 Å². The van der Waals surface area contributed by atoms with Crippen LogP contribution in [0.25, 0.3) is 13.2 Å². The topological polar surface area (TPSA) is 22.0 Å². The summed E-state index contributed by atoms with van der Waals surface area (Å²) in [6, 6.07) is 0. The summed E-state index contributed by atoms with van der Waals surface area (Å²) in [5.74, 6) is 0. The lowest BCUT2D eigenvalue weighted by atomic mass is 10.7. The predicted octanol–water partition coefficient (Wildman–Crippen LogP) is -0.733. The SMILES string of the molecule is C=c1sc(=C)n(C)c1=O. The van der Waals surface area contributed by atoms with Gasteiger partial charge in [0, 0.05) is 7.05 Å². The van der Waals surface area contributed by atoms with Gasteiger partial charge in [-0.25, -0.2) is 0 Å². The fraction of sp³-hybridized carbons (Fsp3) is 0.167. The average Bonchev–Trinajstić information content (AvgIpc) is 1.98. The van der Waals surface area contributed by atoms with E-state index >= 15 is 0 Å². The van der Waals surface area contributed by atoms with Gasteiger partial charge < -0.3 is 4.57 Å². The van der Waals surface area contributed by atoms with Crippen LogP contribution < -0.4 is 14.8 Å². The molecule has 48 valence electrons. The molecular weight excluding hydrogens is 134 g/mol. The minimum absolute atomic E-state index is 0.0370. The van der Waals surface area contributed by atoms with E-state index in [0.717, 1.165) is 4.66 Å². The fourth-order valence-corrected chi connectivity index (χ4v) is 1.28. The zero-order valence-corrected chi connectivity index (χ0v) is 5.99. The van der Waals surface area contributed by atoms with Gasteiger partial charge in [-0.1, -0.05) is 13.2 Å². The molecule has 9 heavy (non-hydrogen) atoms. The highest BCUT2D eigenvalue weighted by atomic mass is 32.1. The molecule has 1 aromatic heterocycles. The van der Waals surface area contributed by atoms with E-state index < -0.39 is 0 Å². The van der Waals surface area contributed by atoms with Crippen LogP contribution >= 0.6 is 11.3 Å². The van der Waals surface area contributed by atoms with Gasteiger partial charge in [0.05, 0.1) is 9.20 Å². The molecule has 0 unspecified atom stereocenters. The van der Waals surface area contributed by atoms with Crippen LogP contribution in [-0.4, -0.2) is 4.57 Å². The van der Waals surface area contributed by atoms with E-state index in [9.17, 15) is 4.79 Å². The third-order valence-corrected chi connectivity index (χ3v) is 2.09. The first-order chi connectivity index (χ1) is 4.13. The summed E-state index contributed by atoms with van der Waals surface area (Å²) in [5.41, 5.74) is -0.0370. The van der Waals surface area contributed by atoms with Crippen LogP contribution in [0, 0.1) is 0 Å². The van der Waals surface area contributed by atoms with Crippen molar-refractivity contribution in [2.45, 2.75) is 0 Å². The van der Waals surface area contributed by atoms with Crippen molar-refractivity contribution in [2.75, 3.05) is 0 Å². The van der Waals surface area contributed by atoms with Crippen molar-refractivity contribution in [3.8, 4) is 0 Å². The van der Waals surface area contributed by atoms with Crippen LogP contribution in [0.5, 0.6) is 0 Å². The van der Waals surface area contributed by atoms with Crippen LogP contribution in [0.15, 0.2) is 4.79 Å². The first-order valence-corrected chi connectivity index (χ1v) is 3.28. The lowest BCUT2D eigenvalue weighted by Crippen LogP contribution is -2.27. The minimum Gasteiger partial charge on any atom is -0.303 e. The molecule has 0 bridgehead atoms. The highest BCUT2D eigenvalue weighted by Crippen LogP contribution is 1.64.